The highest BCUT2D eigenvalue weighted by Gasteiger charge is 2.37. The van der Waals surface area contributed by atoms with Crippen LogP contribution in [0.1, 0.15) is 33.1 Å². The maximum absolute atomic E-state index is 12.9. The van der Waals surface area contributed by atoms with Crippen LogP contribution >= 0.6 is 0 Å². The van der Waals surface area contributed by atoms with Crippen molar-refractivity contribution in [3.63, 3.8) is 0 Å². The third kappa shape index (κ3) is 2.90. The Balaban J connectivity index is 2.11. The van der Waals surface area contributed by atoms with E-state index in [1.54, 1.807) is 6.26 Å². The average molecular weight is 292 g/mol. The molecule has 0 amide bonds. The van der Waals surface area contributed by atoms with E-state index in [0.717, 1.165) is 31.6 Å². The molecule has 3 unspecified atom stereocenters. The molecule has 2 aliphatic rings. The molecule has 4 nitrogen and oxygen atoms in total. The molecule has 2 rings (SSSR count). The van der Waals surface area contributed by atoms with Gasteiger partial charge in [0.2, 0.25) is 0 Å². The molecule has 0 spiro atoms. The standard InChI is InChI=1S/C12H24N2O2S2/c1-12(2,18(16)7-5-4-6-13-18)8-11-9-14-17(3,15)10-11/h11H,4-10H2,1-3H3. The van der Waals surface area contributed by atoms with Crippen molar-refractivity contribution < 1.29 is 8.42 Å². The Morgan fingerprint density at radius 1 is 1.22 bits per heavy atom. The zero-order valence-corrected chi connectivity index (χ0v) is 13.2. The molecule has 106 valence electrons. The zero-order valence-electron chi connectivity index (χ0n) is 11.6. The van der Waals surface area contributed by atoms with Crippen LogP contribution < -0.4 is 0 Å². The molecule has 6 heteroatoms. The summed E-state index contributed by atoms with van der Waals surface area (Å²) < 4.78 is 33.1. The van der Waals surface area contributed by atoms with Crippen molar-refractivity contribution in [2.45, 2.75) is 37.9 Å². The topological polar surface area (TPSA) is 58.9 Å². The summed E-state index contributed by atoms with van der Waals surface area (Å²) in [5.41, 5.74) is 0. The lowest BCUT2D eigenvalue weighted by atomic mass is 9.98. The smallest absolute Gasteiger partial charge is 0.0522 e. The van der Waals surface area contributed by atoms with E-state index in [-0.39, 0.29) is 4.75 Å². The van der Waals surface area contributed by atoms with Gasteiger partial charge in [-0.15, -0.1) is 0 Å². The highest BCUT2D eigenvalue weighted by Crippen LogP contribution is 2.32. The van der Waals surface area contributed by atoms with Gasteiger partial charge in [-0.3, -0.25) is 4.21 Å². The van der Waals surface area contributed by atoms with Crippen LogP contribution in [0.15, 0.2) is 8.73 Å². The van der Waals surface area contributed by atoms with E-state index in [9.17, 15) is 8.42 Å². The molecule has 0 saturated heterocycles. The van der Waals surface area contributed by atoms with Crippen LogP contribution in [-0.4, -0.2) is 44.0 Å². The van der Waals surface area contributed by atoms with Crippen molar-refractivity contribution in [1.82, 2.24) is 0 Å². The van der Waals surface area contributed by atoms with Gasteiger partial charge in [0.25, 0.3) is 0 Å². The van der Waals surface area contributed by atoms with Gasteiger partial charge < -0.3 is 0 Å². The molecule has 0 aromatic heterocycles. The van der Waals surface area contributed by atoms with E-state index >= 15 is 0 Å². The maximum atomic E-state index is 12.9. The Bertz CT molecular complexity index is 550. The summed E-state index contributed by atoms with van der Waals surface area (Å²) in [6.07, 6.45) is 4.63. The molecule has 0 radical (unpaired) electrons. The first-order valence-electron chi connectivity index (χ1n) is 6.60. The van der Waals surface area contributed by atoms with Gasteiger partial charge in [-0.1, -0.05) is 0 Å². The molecule has 3 atom stereocenters. The first-order valence-corrected chi connectivity index (χ1v) is 10.4. The number of hydrogen-bond acceptors (Lipinski definition) is 4. The third-order valence-electron chi connectivity index (χ3n) is 3.92. The van der Waals surface area contributed by atoms with Crippen molar-refractivity contribution in [2.75, 3.05) is 30.9 Å². The van der Waals surface area contributed by atoms with Crippen molar-refractivity contribution in [1.29, 1.82) is 0 Å². The summed E-state index contributed by atoms with van der Waals surface area (Å²) in [7, 11) is -4.07. The van der Waals surface area contributed by atoms with Crippen molar-refractivity contribution in [3.8, 4) is 0 Å². The van der Waals surface area contributed by atoms with Crippen LogP contribution in [0.25, 0.3) is 0 Å². The molecule has 18 heavy (non-hydrogen) atoms. The molecule has 0 aromatic carbocycles. The minimum absolute atomic E-state index is 0.284. The van der Waals surface area contributed by atoms with Gasteiger partial charge in [0.1, 0.15) is 0 Å². The second-order valence-corrected chi connectivity index (χ2v) is 11.7. The predicted molar refractivity (Wildman–Crippen MR) is 78.0 cm³/mol. The Labute approximate surface area is 111 Å². The second kappa shape index (κ2) is 4.78. The van der Waals surface area contributed by atoms with Gasteiger partial charge in [-0.25, -0.2) is 12.9 Å². The van der Waals surface area contributed by atoms with Crippen LogP contribution in [0.3, 0.4) is 0 Å². The van der Waals surface area contributed by atoms with Gasteiger partial charge in [0, 0.05) is 38.8 Å². The van der Waals surface area contributed by atoms with Crippen LogP contribution in [0.4, 0.5) is 0 Å². The Morgan fingerprint density at radius 3 is 2.44 bits per heavy atom. The van der Waals surface area contributed by atoms with E-state index in [2.05, 4.69) is 22.6 Å². The van der Waals surface area contributed by atoms with E-state index in [1.807, 2.05) is 0 Å². The van der Waals surface area contributed by atoms with E-state index in [1.165, 1.54) is 0 Å². The SMILES string of the molecule is CC(C)(CC1CN=S(C)(=O)C1)S1(=O)=NCCCC1. The summed E-state index contributed by atoms with van der Waals surface area (Å²) in [6.45, 7) is 5.51. The first kappa shape index (κ1) is 14.3. The normalized spacial score (nSPS) is 41.2. The lowest BCUT2D eigenvalue weighted by Crippen LogP contribution is -2.38. The van der Waals surface area contributed by atoms with Gasteiger partial charge in [-0.05, 0) is 39.0 Å². The molecule has 0 fully saturated rings. The van der Waals surface area contributed by atoms with Gasteiger partial charge >= 0.3 is 0 Å². The summed E-state index contributed by atoms with van der Waals surface area (Å²) in [5, 5.41) is 0. The highest BCUT2D eigenvalue weighted by molar-refractivity contribution is 7.95. The highest BCUT2D eigenvalue weighted by atomic mass is 32.2. The molecule has 2 aliphatic heterocycles. The maximum Gasteiger partial charge on any atom is 0.0522 e. The fraction of sp³-hybridized carbons (Fsp3) is 1.00. The Hall–Kier alpha value is -0.100. The molecular weight excluding hydrogens is 268 g/mol. The van der Waals surface area contributed by atoms with E-state index in [0.29, 0.717) is 18.2 Å². The van der Waals surface area contributed by atoms with Crippen LogP contribution in [-0.2, 0) is 19.5 Å². The van der Waals surface area contributed by atoms with E-state index < -0.39 is 19.5 Å². The zero-order chi connectivity index (χ0) is 13.4. The number of hydrogen-bond donors (Lipinski definition) is 0. The second-order valence-electron chi connectivity index (χ2n) is 6.17. The van der Waals surface area contributed by atoms with Crippen LogP contribution in [0.2, 0.25) is 0 Å². The predicted octanol–water partition coefficient (Wildman–Crippen LogP) is 2.14. The Morgan fingerprint density at radius 2 is 1.94 bits per heavy atom. The lowest BCUT2D eigenvalue weighted by molar-refractivity contribution is 0.473. The summed E-state index contributed by atoms with van der Waals surface area (Å²) in [6, 6.07) is 0. The lowest BCUT2D eigenvalue weighted by Gasteiger charge is -2.32. The molecule has 2 heterocycles. The van der Waals surface area contributed by atoms with Crippen LogP contribution in [0, 0.1) is 5.92 Å². The molecule has 0 aliphatic carbocycles. The third-order valence-corrected chi connectivity index (χ3v) is 9.04. The molecular formula is C12H24N2O2S2. The largest absolute Gasteiger partial charge is 0.250 e. The summed E-state index contributed by atoms with van der Waals surface area (Å²) >= 11 is 0. The number of nitrogens with zero attached hydrogens (tertiary/aromatic N) is 2. The quantitative estimate of drug-likeness (QED) is 0.800. The summed E-state index contributed by atoms with van der Waals surface area (Å²) in [4.78, 5) is 0. The first-order chi connectivity index (χ1) is 8.24. The fourth-order valence-corrected chi connectivity index (χ4v) is 7.17. The molecule has 0 N–H and O–H groups in total. The van der Waals surface area contributed by atoms with Gasteiger partial charge in [0.15, 0.2) is 0 Å². The van der Waals surface area contributed by atoms with Crippen molar-refractivity contribution in [3.05, 3.63) is 0 Å². The monoisotopic (exact) mass is 292 g/mol. The van der Waals surface area contributed by atoms with Crippen molar-refractivity contribution >= 4 is 19.5 Å². The van der Waals surface area contributed by atoms with Crippen molar-refractivity contribution in [2.24, 2.45) is 14.6 Å². The minimum Gasteiger partial charge on any atom is -0.250 e. The van der Waals surface area contributed by atoms with Gasteiger partial charge in [-0.2, -0.15) is 0 Å². The minimum atomic E-state index is -2.10. The van der Waals surface area contributed by atoms with Gasteiger partial charge in [0.05, 0.1) is 16.3 Å². The van der Waals surface area contributed by atoms with E-state index in [4.69, 9.17) is 0 Å². The van der Waals surface area contributed by atoms with Crippen LogP contribution in [0.5, 0.6) is 0 Å². The fourth-order valence-electron chi connectivity index (χ4n) is 2.89. The summed E-state index contributed by atoms with van der Waals surface area (Å²) in [5.74, 6) is 1.70. The Kier molecular flexibility index (Phi) is 3.80. The molecule has 0 saturated carbocycles. The molecule has 0 aromatic rings. The molecule has 0 bridgehead atoms. The number of rotatable bonds is 3. The average Bonchev–Trinajstić information content (AvgIpc) is 2.58.